The SMILES string of the molecule is CC=O.CNCC1CN(c2ccc(-c3ccc4c(c3)CN(C/C(N)=C/N)C4)c(F)c2)C(=O)O1. The minimum Gasteiger partial charge on any atom is -0.443 e. The van der Waals surface area contributed by atoms with Crippen molar-refractivity contribution < 1.29 is 18.7 Å². The molecule has 4 rings (SSSR count). The van der Waals surface area contributed by atoms with E-state index in [9.17, 15) is 9.18 Å². The number of rotatable bonds is 6. The highest BCUT2D eigenvalue weighted by atomic mass is 19.1. The molecule has 0 bridgehead atoms. The predicted molar refractivity (Wildman–Crippen MR) is 126 cm³/mol. The largest absolute Gasteiger partial charge is 0.443 e. The van der Waals surface area contributed by atoms with Gasteiger partial charge in [-0.15, -0.1) is 0 Å². The molecule has 2 aromatic carbocycles. The number of cyclic esters (lactones) is 1. The lowest BCUT2D eigenvalue weighted by Gasteiger charge is -2.15. The summed E-state index contributed by atoms with van der Waals surface area (Å²) in [6, 6.07) is 10.8. The van der Waals surface area contributed by atoms with Gasteiger partial charge in [-0.3, -0.25) is 9.80 Å². The number of aldehydes is 1. The second-order valence-electron chi connectivity index (χ2n) is 7.94. The first-order valence-electron chi connectivity index (χ1n) is 10.7. The minimum atomic E-state index is -0.453. The van der Waals surface area contributed by atoms with Crippen molar-refractivity contribution in [2.24, 2.45) is 11.5 Å². The van der Waals surface area contributed by atoms with Gasteiger partial charge in [0.15, 0.2) is 0 Å². The second-order valence-corrected chi connectivity index (χ2v) is 7.94. The zero-order valence-corrected chi connectivity index (χ0v) is 18.9. The van der Waals surface area contributed by atoms with Crippen molar-refractivity contribution in [3.63, 3.8) is 0 Å². The number of carbonyl (C=O) groups excluding carboxylic acids is 2. The van der Waals surface area contributed by atoms with E-state index in [0.29, 0.717) is 36.6 Å². The molecule has 0 saturated carbocycles. The van der Waals surface area contributed by atoms with Crippen LogP contribution >= 0.6 is 0 Å². The molecule has 9 heteroatoms. The lowest BCUT2D eigenvalue weighted by molar-refractivity contribution is -0.106. The smallest absolute Gasteiger partial charge is 0.414 e. The van der Waals surface area contributed by atoms with Crippen molar-refractivity contribution in [2.75, 3.05) is 31.6 Å². The van der Waals surface area contributed by atoms with Gasteiger partial charge in [-0.25, -0.2) is 9.18 Å². The summed E-state index contributed by atoms with van der Waals surface area (Å²) < 4.78 is 20.3. The normalized spacial score (nSPS) is 17.9. The van der Waals surface area contributed by atoms with Gasteiger partial charge in [-0.2, -0.15) is 0 Å². The molecule has 2 aliphatic heterocycles. The third-order valence-electron chi connectivity index (χ3n) is 5.50. The fraction of sp³-hybridized carbons (Fsp3) is 0.333. The molecule has 1 atom stereocenters. The Balaban J connectivity index is 0.000000968. The van der Waals surface area contributed by atoms with Gasteiger partial charge in [-0.05, 0) is 54.9 Å². The molecule has 1 fully saturated rings. The number of halogens is 1. The Morgan fingerprint density at radius 2 is 1.97 bits per heavy atom. The van der Waals surface area contributed by atoms with E-state index in [1.165, 1.54) is 29.7 Å². The number of anilines is 1. The first kappa shape index (κ1) is 24.2. The number of benzene rings is 2. The molecule has 1 amide bonds. The maximum atomic E-state index is 15.0. The number of likely N-dealkylation sites (N-methyl/N-ethyl adjacent to an activating group) is 1. The van der Waals surface area contributed by atoms with Gasteiger partial charge in [0.1, 0.15) is 18.2 Å². The lowest BCUT2D eigenvalue weighted by Crippen LogP contribution is -2.29. The van der Waals surface area contributed by atoms with Gasteiger partial charge < -0.3 is 26.3 Å². The molecule has 2 aromatic rings. The Bertz CT molecular complexity index is 1040. The molecule has 176 valence electrons. The molecule has 0 aliphatic carbocycles. The van der Waals surface area contributed by atoms with Crippen LogP contribution in [0.4, 0.5) is 14.9 Å². The van der Waals surface area contributed by atoms with Crippen LogP contribution in [0.25, 0.3) is 11.1 Å². The first-order valence-corrected chi connectivity index (χ1v) is 10.7. The Hall–Kier alpha value is -3.43. The summed E-state index contributed by atoms with van der Waals surface area (Å²) in [4.78, 5) is 24.6. The van der Waals surface area contributed by atoms with Crippen LogP contribution in [0, 0.1) is 5.82 Å². The number of carbonyl (C=O) groups is 2. The Kier molecular flexibility index (Phi) is 8.02. The minimum absolute atomic E-state index is 0.243. The van der Waals surface area contributed by atoms with Gasteiger partial charge in [0.2, 0.25) is 0 Å². The van der Waals surface area contributed by atoms with Crippen molar-refractivity contribution >= 4 is 18.1 Å². The molecular formula is C24H30FN5O3. The average Bonchev–Trinajstić information content (AvgIpc) is 3.36. The molecule has 0 radical (unpaired) electrons. The van der Waals surface area contributed by atoms with E-state index < -0.39 is 6.09 Å². The number of nitrogens with one attached hydrogen (secondary N) is 1. The number of hydrogen-bond donors (Lipinski definition) is 3. The van der Waals surface area contributed by atoms with Crippen LogP contribution < -0.4 is 21.7 Å². The van der Waals surface area contributed by atoms with Crippen LogP contribution in [0.3, 0.4) is 0 Å². The summed E-state index contributed by atoms with van der Waals surface area (Å²) in [5, 5.41) is 2.98. The highest BCUT2D eigenvalue weighted by molar-refractivity contribution is 5.90. The predicted octanol–water partition coefficient (Wildman–Crippen LogP) is 2.32. The Labute approximate surface area is 193 Å². The van der Waals surface area contributed by atoms with Gasteiger partial charge >= 0.3 is 6.09 Å². The number of ether oxygens (including phenoxy) is 1. The average molecular weight is 456 g/mol. The molecule has 0 aromatic heterocycles. The molecule has 1 unspecified atom stereocenters. The van der Waals surface area contributed by atoms with Crippen molar-refractivity contribution in [3.8, 4) is 11.1 Å². The number of hydrogen-bond acceptors (Lipinski definition) is 7. The van der Waals surface area contributed by atoms with E-state index in [1.54, 1.807) is 19.2 Å². The molecule has 2 aliphatic rings. The maximum absolute atomic E-state index is 15.0. The molecule has 1 saturated heterocycles. The fourth-order valence-electron chi connectivity index (χ4n) is 4.03. The number of amides is 1. The van der Waals surface area contributed by atoms with Gasteiger partial charge in [-0.1, -0.05) is 12.1 Å². The number of nitrogens with zero attached hydrogens (tertiary/aromatic N) is 2. The van der Waals surface area contributed by atoms with Crippen LogP contribution in [0.5, 0.6) is 0 Å². The third kappa shape index (κ3) is 5.68. The quantitative estimate of drug-likeness (QED) is 0.573. The highest BCUT2D eigenvalue weighted by Crippen LogP contribution is 2.32. The Morgan fingerprint density at radius 1 is 1.24 bits per heavy atom. The highest BCUT2D eigenvalue weighted by Gasteiger charge is 2.32. The molecule has 5 N–H and O–H groups in total. The lowest BCUT2D eigenvalue weighted by atomic mass is 10.00. The Morgan fingerprint density at radius 3 is 2.64 bits per heavy atom. The zero-order chi connectivity index (χ0) is 24.0. The third-order valence-corrected chi connectivity index (χ3v) is 5.50. The summed E-state index contributed by atoms with van der Waals surface area (Å²) in [6.07, 6.45) is 1.47. The van der Waals surface area contributed by atoms with Crippen LogP contribution in [-0.2, 0) is 22.6 Å². The summed E-state index contributed by atoms with van der Waals surface area (Å²) in [7, 11) is 1.80. The topological polar surface area (TPSA) is 114 Å². The molecule has 33 heavy (non-hydrogen) atoms. The molecular weight excluding hydrogens is 425 g/mol. The van der Waals surface area contributed by atoms with Gasteiger partial charge in [0.25, 0.3) is 0 Å². The van der Waals surface area contributed by atoms with Crippen molar-refractivity contribution in [2.45, 2.75) is 26.1 Å². The van der Waals surface area contributed by atoms with E-state index in [-0.39, 0.29) is 11.9 Å². The van der Waals surface area contributed by atoms with E-state index in [2.05, 4.69) is 10.2 Å². The van der Waals surface area contributed by atoms with Crippen molar-refractivity contribution in [1.29, 1.82) is 0 Å². The van der Waals surface area contributed by atoms with E-state index in [1.807, 2.05) is 18.2 Å². The molecule has 2 heterocycles. The molecule has 8 nitrogen and oxygen atoms in total. The van der Waals surface area contributed by atoms with Gasteiger partial charge in [0.05, 0.1) is 12.2 Å². The van der Waals surface area contributed by atoms with Crippen LogP contribution in [-0.4, -0.2) is 50.1 Å². The summed E-state index contributed by atoms with van der Waals surface area (Å²) in [6.45, 7) is 4.53. The zero-order valence-electron chi connectivity index (χ0n) is 18.9. The number of nitrogens with two attached hydrogens (primary N) is 2. The van der Waals surface area contributed by atoms with Crippen LogP contribution in [0.2, 0.25) is 0 Å². The molecule has 0 spiro atoms. The van der Waals surface area contributed by atoms with Crippen molar-refractivity contribution in [3.05, 3.63) is 65.2 Å². The van der Waals surface area contributed by atoms with Gasteiger partial charge in [0, 0.05) is 43.6 Å². The fourth-order valence-corrected chi connectivity index (χ4v) is 4.03. The maximum Gasteiger partial charge on any atom is 0.414 e. The first-order chi connectivity index (χ1) is 15.9. The van der Waals surface area contributed by atoms with E-state index in [0.717, 1.165) is 30.5 Å². The summed E-state index contributed by atoms with van der Waals surface area (Å²) in [5.41, 5.74) is 16.1. The van der Waals surface area contributed by atoms with Crippen LogP contribution in [0.15, 0.2) is 48.3 Å². The van der Waals surface area contributed by atoms with Crippen LogP contribution in [0.1, 0.15) is 18.1 Å². The second kappa shape index (κ2) is 10.9. The monoisotopic (exact) mass is 455 g/mol. The van der Waals surface area contributed by atoms with E-state index >= 15 is 0 Å². The van der Waals surface area contributed by atoms with Crippen molar-refractivity contribution in [1.82, 2.24) is 10.2 Å². The number of fused-ring (bicyclic) bond motifs is 1. The summed E-state index contributed by atoms with van der Waals surface area (Å²) >= 11 is 0. The standard InChI is InChI=1S/C22H26FN5O2.C2H4O/c1-26-9-19-13-28(22(29)30-19)18-4-5-20(21(23)7-18)14-2-3-15-10-27(11-16(15)6-14)12-17(25)8-24;1-2-3/h2-8,19,26H,9-13,24-25H2,1H3;2H,1H3/b17-8-;. The van der Waals surface area contributed by atoms with E-state index in [4.69, 9.17) is 21.0 Å². The summed E-state index contributed by atoms with van der Waals surface area (Å²) in [5.74, 6) is -0.373.